The number of hydrogen-bond acceptors (Lipinski definition) is 3. The summed E-state index contributed by atoms with van der Waals surface area (Å²) in [5, 5.41) is 18.6. The maximum absolute atomic E-state index is 9.30. The van der Waals surface area contributed by atoms with Crippen LogP contribution in [0.15, 0.2) is 42.5 Å². The Kier molecular flexibility index (Phi) is 4.80. The molecule has 2 aromatic carbocycles. The van der Waals surface area contributed by atoms with Gasteiger partial charge in [-0.3, -0.25) is 0 Å². The molecule has 2 N–H and O–H groups in total. The summed E-state index contributed by atoms with van der Waals surface area (Å²) in [6.07, 6.45) is 0.624. The topological polar surface area (TPSA) is 49.7 Å². The molecule has 2 aromatic rings. The first-order valence-corrected chi connectivity index (χ1v) is 6.38. The lowest BCUT2D eigenvalue weighted by molar-refractivity contribution is 0.276. The van der Waals surface area contributed by atoms with Gasteiger partial charge in [0.2, 0.25) is 0 Å². The molecule has 0 heterocycles. The van der Waals surface area contributed by atoms with E-state index < -0.39 is 0 Å². The van der Waals surface area contributed by atoms with E-state index in [0.29, 0.717) is 28.5 Å². The van der Waals surface area contributed by atoms with Crippen LogP contribution in [0.2, 0.25) is 5.02 Å². The Balaban J connectivity index is 2.19. The molecule has 3 nitrogen and oxygen atoms in total. The third kappa shape index (κ3) is 3.47. The molecule has 0 amide bonds. The zero-order valence-corrected chi connectivity index (χ0v) is 11.1. The van der Waals surface area contributed by atoms with Gasteiger partial charge >= 0.3 is 0 Å². The molecule has 0 spiro atoms. The Labute approximate surface area is 117 Å². The number of ether oxygens (including phenoxy) is 1. The molecular weight excluding hydrogens is 264 g/mol. The van der Waals surface area contributed by atoms with Gasteiger partial charge in [-0.25, -0.2) is 0 Å². The van der Waals surface area contributed by atoms with Crippen LogP contribution in [0.3, 0.4) is 0 Å². The summed E-state index contributed by atoms with van der Waals surface area (Å²) < 4.78 is 5.71. The first kappa shape index (κ1) is 13.9. The minimum Gasteiger partial charge on any atom is -0.457 e. The molecule has 19 heavy (non-hydrogen) atoms. The molecule has 100 valence electrons. The first-order chi connectivity index (χ1) is 9.24. The Bertz CT molecular complexity index is 538. The van der Waals surface area contributed by atoms with Crippen molar-refractivity contribution in [2.75, 3.05) is 6.61 Å². The normalized spacial score (nSPS) is 10.5. The molecule has 0 saturated carbocycles. The molecule has 0 aliphatic heterocycles. The number of hydrogen-bond donors (Lipinski definition) is 2. The lowest BCUT2D eigenvalue weighted by Gasteiger charge is -2.11. The minimum absolute atomic E-state index is 0.128. The van der Waals surface area contributed by atoms with Gasteiger partial charge in [0, 0.05) is 17.2 Å². The van der Waals surface area contributed by atoms with Gasteiger partial charge in [-0.1, -0.05) is 29.8 Å². The van der Waals surface area contributed by atoms with Crippen molar-refractivity contribution in [3.05, 3.63) is 58.6 Å². The summed E-state index contributed by atoms with van der Waals surface area (Å²) in [6, 6.07) is 12.7. The van der Waals surface area contributed by atoms with Gasteiger partial charge < -0.3 is 14.9 Å². The summed E-state index contributed by atoms with van der Waals surface area (Å²) in [4.78, 5) is 0. The average molecular weight is 279 g/mol. The standard InChI is InChI=1S/C15H15ClO3/c16-14-2-1-3-15(13(14)10-18)19-12-6-4-11(5-7-12)8-9-17/h1-7,17-18H,8-10H2. The van der Waals surface area contributed by atoms with Crippen LogP contribution in [0.4, 0.5) is 0 Å². The second kappa shape index (κ2) is 6.57. The third-order valence-electron chi connectivity index (χ3n) is 2.79. The summed E-state index contributed by atoms with van der Waals surface area (Å²) in [5.74, 6) is 1.21. The maximum atomic E-state index is 9.30. The second-order valence-corrected chi connectivity index (χ2v) is 4.50. The predicted molar refractivity (Wildman–Crippen MR) is 74.7 cm³/mol. The van der Waals surface area contributed by atoms with Crippen molar-refractivity contribution in [3.63, 3.8) is 0 Å². The van der Waals surface area contributed by atoms with E-state index in [2.05, 4.69) is 0 Å². The van der Waals surface area contributed by atoms with Crippen molar-refractivity contribution in [2.24, 2.45) is 0 Å². The Morgan fingerprint density at radius 3 is 2.37 bits per heavy atom. The van der Waals surface area contributed by atoms with Crippen molar-refractivity contribution in [1.82, 2.24) is 0 Å². The molecule has 4 heteroatoms. The summed E-state index contributed by atoms with van der Waals surface area (Å²) in [5.41, 5.74) is 1.62. The van der Waals surface area contributed by atoms with E-state index in [1.54, 1.807) is 18.2 Å². The molecule has 0 aliphatic carbocycles. The number of aliphatic hydroxyl groups is 2. The van der Waals surface area contributed by atoms with E-state index in [1.807, 2.05) is 24.3 Å². The van der Waals surface area contributed by atoms with E-state index in [0.717, 1.165) is 5.56 Å². The summed E-state index contributed by atoms with van der Waals surface area (Å²) in [6.45, 7) is -0.0409. The number of benzene rings is 2. The highest BCUT2D eigenvalue weighted by Crippen LogP contribution is 2.30. The van der Waals surface area contributed by atoms with Gasteiger partial charge in [0.15, 0.2) is 0 Å². The fourth-order valence-electron chi connectivity index (χ4n) is 1.77. The van der Waals surface area contributed by atoms with Gasteiger partial charge in [-0.2, -0.15) is 0 Å². The Hall–Kier alpha value is -1.55. The molecule has 0 bridgehead atoms. The molecular formula is C15H15ClO3. The largest absolute Gasteiger partial charge is 0.457 e. The fourth-order valence-corrected chi connectivity index (χ4v) is 1.99. The van der Waals surface area contributed by atoms with Gasteiger partial charge in [-0.05, 0) is 36.2 Å². The smallest absolute Gasteiger partial charge is 0.134 e. The van der Waals surface area contributed by atoms with E-state index in [9.17, 15) is 5.11 Å². The second-order valence-electron chi connectivity index (χ2n) is 4.09. The zero-order chi connectivity index (χ0) is 13.7. The highest BCUT2D eigenvalue weighted by atomic mass is 35.5. The van der Waals surface area contributed by atoms with Gasteiger partial charge in [0.1, 0.15) is 11.5 Å². The van der Waals surface area contributed by atoms with E-state index >= 15 is 0 Å². The van der Waals surface area contributed by atoms with Crippen LogP contribution in [0.5, 0.6) is 11.5 Å². The lowest BCUT2D eigenvalue weighted by Crippen LogP contribution is -1.94. The molecule has 0 saturated heterocycles. The summed E-state index contributed by atoms with van der Waals surface area (Å²) in [7, 11) is 0. The van der Waals surface area contributed by atoms with Crippen LogP contribution in [-0.2, 0) is 13.0 Å². The molecule has 0 unspecified atom stereocenters. The van der Waals surface area contributed by atoms with Crippen molar-refractivity contribution in [1.29, 1.82) is 0 Å². The SMILES string of the molecule is OCCc1ccc(Oc2cccc(Cl)c2CO)cc1. The molecule has 0 atom stereocenters. The van der Waals surface area contributed by atoms with E-state index in [1.165, 1.54) is 0 Å². The van der Waals surface area contributed by atoms with Crippen LogP contribution in [0, 0.1) is 0 Å². The molecule has 0 radical (unpaired) electrons. The van der Waals surface area contributed by atoms with Crippen molar-refractivity contribution in [3.8, 4) is 11.5 Å². The van der Waals surface area contributed by atoms with E-state index in [-0.39, 0.29) is 13.2 Å². The van der Waals surface area contributed by atoms with Crippen LogP contribution in [0.1, 0.15) is 11.1 Å². The number of halogens is 1. The Morgan fingerprint density at radius 1 is 1.00 bits per heavy atom. The van der Waals surface area contributed by atoms with Crippen molar-refractivity contribution < 1.29 is 14.9 Å². The van der Waals surface area contributed by atoms with E-state index in [4.69, 9.17) is 21.4 Å². The molecule has 0 fully saturated rings. The molecule has 0 aromatic heterocycles. The molecule has 0 aliphatic rings. The number of aliphatic hydroxyl groups excluding tert-OH is 2. The van der Waals surface area contributed by atoms with Gasteiger partial charge in [-0.15, -0.1) is 0 Å². The van der Waals surface area contributed by atoms with Crippen LogP contribution < -0.4 is 4.74 Å². The maximum Gasteiger partial charge on any atom is 0.134 e. The van der Waals surface area contributed by atoms with Crippen molar-refractivity contribution >= 4 is 11.6 Å². The monoisotopic (exact) mass is 278 g/mol. The Morgan fingerprint density at radius 2 is 1.74 bits per heavy atom. The van der Waals surface area contributed by atoms with Crippen LogP contribution in [0.25, 0.3) is 0 Å². The van der Waals surface area contributed by atoms with Gasteiger partial charge in [0.25, 0.3) is 0 Å². The van der Waals surface area contributed by atoms with Crippen LogP contribution >= 0.6 is 11.6 Å². The molecule has 2 rings (SSSR count). The minimum atomic E-state index is -0.169. The first-order valence-electron chi connectivity index (χ1n) is 6.00. The summed E-state index contributed by atoms with van der Waals surface area (Å²) >= 11 is 5.99. The zero-order valence-electron chi connectivity index (χ0n) is 10.3. The fraction of sp³-hybridized carbons (Fsp3) is 0.200. The average Bonchev–Trinajstić information content (AvgIpc) is 2.42. The number of rotatable bonds is 5. The van der Waals surface area contributed by atoms with Crippen LogP contribution in [-0.4, -0.2) is 16.8 Å². The highest BCUT2D eigenvalue weighted by molar-refractivity contribution is 6.31. The third-order valence-corrected chi connectivity index (χ3v) is 3.14. The predicted octanol–water partition coefficient (Wildman–Crippen LogP) is 3.16. The van der Waals surface area contributed by atoms with Crippen molar-refractivity contribution in [2.45, 2.75) is 13.0 Å². The highest BCUT2D eigenvalue weighted by Gasteiger charge is 2.08. The quantitative estimate of drug-likeness (QED) is 0.883. The lowest BCUT2D eigenvalue weighted by atomic mass is 10.1. The van der Waals surface area contributed by atoms with Gasteiger partial charge in [0.05, 0.1) is 6.61 Å².